The van der Waals surface area contributed by atoms with Crippen molar-refractivity contribution in [3.63, 3.8) is 0 Å². The van der Waals surface area contributed by atoms with Crippen LogP contribution in [0.2, 0.25) is 0 Å². The van der Waals surface area contributed by atoms with Gasteiger partial charge in [-0.2, -0.15) is 0 Å². The maximum atomic E-state index is 11.0. The highest BCUT2D eigenvalue weighted by Gasteiger charge is 2.07. The molecule has 0 aliphatic carbocycles. The smallest absolute Gasteiger partial charge is 0.366 e. The molecular formula is C9H10INO2. The van der Waals surface area contributed by atoms with Crippen molar-refractivity contribution in [1.29, 1.82) is 0 Å². The van der Waals surface area contributed by atoms with Gasteiger partial charge in [0, 0.05) is 6.20 Å². The maximum absolute atomic E-state index is 11.0. The van der Waals surface area contributed by atoms with Crippen LogP contribution in [-0.2, 0) is 3.07 Å². The molecule has 1 rings (SSSR count). The minimum Gasteiger partial charge on any atom is -0.390 e. The number of carbonyl (C=O) groups excluding carboxylic acids is 1. The summed E-state index contributed by atoms with van der Waals surface area (Å²) < 4.78 is 4.51. The average Bonchev–Trinajstić information content (AvgIpc) is 2.17. The Morgan fingerprint density at radius 2 is 2.23 bits per heavy atom. The molecule has 4 heteroatoms. The second kappa shape index (κ2) is 4.55. The van der Waals surface area contributed by atoms with Crippen LogP contribution in [0.25, 0.3) is 0 Å². The van der Waals surface area contributed by atoms with Crippen molar-refractivity contribution in [3.05, 3.63) is 29.6 Å². The summed E-state index contributed by atoms with van der Waals surface area (Å²) in [6, 6.07) is 3.57. The van der Waals surface area contributed by atoms with Crippen molar-refractivity contribution < 1.29 is 7.86 Å². The number of pyridine rings is 1. The molecule has 70 valence electrons. The maximum Gasteiger partial charge on any atom is 0.366 e. The van der Waals surface area contributed by atoms with E-state index in [-0.39, 0.29) is 0 Å². The number of halogens is 1. The highest BCUT2D eigenvalue weighted by molar-refractivity contribution is 14.1. The Morgan fingerprint density at radius 1 is 1.54 bits per heavy atom. The van der Waals surface area contributed by atoms with E-state index in [9.17, 15) is 4.79 Å². The minimum absolute atomic E-state index is 0.346. The van der Waals surface area contributed by atoms with Crippen molar-refractivity contribution in [2.45, 2.75) is 19.8 Å². The van der Waals surface area contributed by atoms with E-state index in [2.05, 4.69) is 21.9 Å². The van der Waals surface area contributed by atoms with Gasteiger partial charge in [-0.1, -0.05) is 19.9 Å². The molecule has 13 heavy (non-hydrogen) atoms. The summed E-state index contributed by atoms with van der Waals surface area (Å²) in [5.41, 5.74) is 1.46. The predicted octanol–water partition coefficient (Wildman–Crippen LogP) is 2.71. The van der Waals surface area contributed by atoms with E-state index in [1.165, 1.54) is 0 Å². The van der Waals surface area contributed by atoms with Crippen LogP contribution in [0.4, 0.5) is 0 Å². The van der Waals surface area contributed by atoms with Gasteiger partial charge in [-0.25, -0.2) is 9.78 Å². The highest BCUT2D eigenvalue weighted by atomic mass is 127. The first-order valence-electron chi connectivity index (χ1n) is 3.94. The summed E-state index contributed by atoms with van der Waals surface area (Å²) in [4.78, 5) is 15.0. The van der Waals surface area contributed by atoms with Crippen LogP contribution in [0, 0.1) is 0 Å². The first-order valence-corrected chi connectivity index (χ1v) is 4.82. The van der Waals surface area contributed by atoms with E-state index >= 15 is 0 Å². The van der Waals surface area contributed by atoms with Crippen LogP contribution in [0.15, 0.2) is 18.3 Å². The van der Waals surface area contributed by atoms with E-state index in [4.69, 9.17) is 0 Å². The quantitative estimate of drug-likeness (QED) is 0.786. The zero-order valence-electron chi connectivity index (χ0n) is 7.45. The van der Waals surface area contributed by atoms with Crippen molar-refractivity contribution in [2.24, 2.45) is 0 Å². The van der Waals surface area contributed by atoms with Gasteiger partial charge in [0.15, 0.2) is 23.0 Å². The monoisotopic (exact) mass is 291 g/mol. The summed E-state index contributed by atoms with van der Waals surface area (Å²) in [7, 11) is 0. The Kier molecular flexibility index (Phi) is 3.65. The van der Waals surface area contributed by atoms with Gasteiger partial charge in [0.1, 0.15) is 5.69 Å². The molecule has 0 saturated carbocycles. The third-order valence-corrected chi connectivity index (χ3v) is 2.13. The standard InChI is InChI=1S/C9H10INO2/c1-6(2)7-3-4-8(11-5-7)9(12)13-10/h3-6H,1-2H3. The fraction of sp³-hybridized carbons (Fsp3) is 0.333. The molecule has 0 aliphatic heterocycles. The van der Waals surface area contributed by atoms with E-state index < -0.39 is 5.97 Å². The number of rotatable bonds is 2. The van der Waals surface area contributed by atoms with Crippen molar-refractivity contribution in [2.75, 3.05) is 0 Å². The third-order valence-electron chi connectivity index (χ3n) is 1.73. The van der Waals surface area contributed by atoms with Crippen molar-refractivity contribution in [3.8, 4) is 0 Å². The molecule has 0 amide bonds. The van der Waals surface area contributed by atoms with E-state index in [1.807, 2.05) is 6.07 Å². The van der Waals surface area contributed by atoms with Crippen LogP contribution >= 0.6 is 23.0 Å². The lowest BCUT2D eigenvalue weighted by atomic mass is 10.1. The lowest BCUT2D eigenvalue weighted by molar-refractivity contribution is 0.0794. The van der Waals surface area contributed by atoms with Gasteiger partial charge in [-0.05, 0) is 17.5 Å². The molecule has 1 aromatic heterocycles. The van der Waals surface area contributed by atoms with E-state index in [0.717, 1.165) is 5.56 Å². The van der Waals surface area contributed by atoms with Crippen LogP contribution in [0.1, 0.15) is 35.8 Å². The lowest BCUT2D eigenvalue weighted by Crippen LogP contribution is -2.01. The second-order valence-electron chi connectivity index (χ2n) is 3.00. The normalized spacial score (nSPS) is 10.2. The first kappa shape index (κ1) is 10.4. The minimum atomic E-state index is -0.407. The zero-order chi connectivity index (χ0) is 9.84. The number of nitrogens with zero attached hydrogens (tertiary/aromatic N) is 1. The molecule has 0 atom stereocenters. The molecule has 0 aliphatic rings. The average molecular weight is 291 g/mol. The molecule has 0 bridgehead atoms. The third kappa shape index (κ3) is 2.65. The van der Waals surface area contributed by atoms with Gasteiger partial charge in [0.25, 0.3) is 0 Å². The Morgan fingerprint density at radius 3 is 2.62 bits per heavy atom. The topological polar surface area (TPSA) is 39.2 Å². The number of hydrogen-bond donors (Lipinski definition) is 0. The molecule has 0 saturated heterocycles. The molecule has 3 nitrogen and oxygen atoms in total. The van der Waals surface area contributed by atoms with Gasteiger partial charge >= 0.3 is 5.97 Å². The van der Waals surface area contributed by atoms with Gasteiger partial charge in [-0.15, -0.1) is 0 Å². The SMILES string of the molecule is CC(C)c1ccc(C(=O)OI)nc1. The second-order valence-corrected chi connectivity index (χ2v) is 3.44. The van der Waals surface area contributed by atoms with E-state index in [1.54, 1.807) is 35.3 Å². The number of hydrogen-bond acceptors (Lipinski definition) is 3. The molecule has 1 aromatic rings. The lowest BCUT2D eigenvalue weighted by Gasteiger charge is -2.03. The van der Waals surface area contributed by atoms with Crippen LogP contribution in [0.3, 0.4) is 0 Å². The fourth-order valence-electron chi connectivity index (χ4n) is 0.907. The molecule has 0 aromatic carbocycles. The van der Waals surface area contributed by atoms with E-state index in [0.29, 0.717) is 11.6 Å². The van der Waals surface area contributed by atoms with Crippen molar-refractivity contribution in [1.82, 2.24) is 4.98 Å². The Hall–Kier alpha value is -0.650. The largest absolute Gasteiger partial charge is 0.390 e. The number of aromatic nitrogens is 1. The summed E-state index contributed by atoms with van der Waals surface area (Å²) in [5, 5.41) is 0. The zero-order valence-corrected chi connectivity index (χ0v) is 9.61. The summed E-state index contributed by atoms with van der Waals surface area (Å²) >= 11 is 1.55. The molecule has 1 heterocycles. The van der Waals surface area contributed by atoms with Gasteiger partial charge < -0.3 is 3.07 Å². The predicted molar refractivity (Wildman–Crippen MR) is 57.8 cm³/mol. The number of carbonyl (C=O) groups is 1. The molecule has 0 fully saturated rings. The van der Waals surface area contributed by atoms with Crippen molar-refractivity contribution >= 4 is 29.0 Å². The Bertz CT molecular complexity index is 295. The van der Waals surface area contributed by atoms with Crippen LogP contribution < -0.4 is 0 Å². The van der Waals surface area contributed by atoms with Gasteiger partial charge in [0.2, 0.25) is 0 Å². The fourth-order valence-corrected chi connectivity index (χ4v) is 1.13. The Balaban J connectivity index is 2.87. The molecule has 0 radical (unpaired) electrons. The summed E-state index contributed by atoms with van der Waals surface area (Å²) in [6.07, 6.45) is 1.70. The molecule has 0 N–H and O–H groups in total. The summed E-state index contributed by atoms with van der Waals surface area (Å²) in [5.74, 6) is 0.0214. The van der Waals surface area contributed by atoms with Gasteiger partial charge in [0.05, 0.1) is 0 Å². The van der Waals surface area contributed by atoms with Crippen LogP contribution in [0.5, 0.6) is 0 Å². The summed E-state index contributed by atoms with van der Waals surface area (Å²) in [6.45, 7) is 4.15. The molecular weight excluding hydrogens is 281 g/mol. The molecule has 0 spiro atoms. The van der Waals surface area contributed by atoms with Gasteiger partial charge in [-0.3, -0.25) is 0 Å². The molecule has 0 unspecified atom stereocenters. The highest BCUT2D eigenvalue weighted by Crippen LogP contribution is 2.13. The Labute approximate surface area is 91.2 Å². The first-order chi connectivity index (χ1) is 6.15. The van der Waals surface area contributed by atoms with Crippen LogP contribution in [-0.4, -0.2) is 11.0 Å².